The van der Waals surface area contributed by atoms with Crippen molar-refractivity contribution >= 4 is 38.5 Å². The van der Waals surface area contributed by atoms with Gasteiger partial charge in [-0.15, -0.1) is 0 Å². The minimum atomic E-state index is -0.738. The molecule has 0 amide bonds. The molecule has 0 fully saturated rings. The third-order valence-electron chi connectivity index (χ3n) is 5.23. The summed E-state index contributed by atoms with van der Waals surface area (Å²) in [4.78, 5) is 25.3. The molecule has 156 valence electrons. The molecule has 0 unspecified atom stereocenters. The minimum Gasteiger partial charge on any atom is -0.507 e. The molecule has 1 aromatic heterocycles. The highest BCUT2D eigenvalue weighted by molar-refractivity contribution is 9.10. The number of rotatable bonds is 5. The van der Waals surface area contributed by atoms with Gasteiger partial charge in [0.05, 0.1) is 0 Å². The second-order valence-electron chi connectivity index (χ2n) is 7.31. The lowest BCUT2D eigenvalue weighted by molar-refractivity contribution is 0.0472. The number of ether oxygens (including phenoxy) is 1. The first-order valence-electron chi connectivity index (χ1n) is 9.72. The van der Waals surface area contributed by atoms with Crippen LogP contribution in [0.1, 0.15) is 32.1 Å². The maximum Gasteiger partial charge on any atom is 0.342 e. The molecule has 0 bridgehead atoms. The van der Waals surface area contributed by atoms with Crippen LogP contribution in [0.3, 0.4) is 0 Å². The smallest absolute Gasteiger partial charge is 0.342 e. The maximum absolute atomic E-state index is 12.8. The van der Waals surface area contributed by atoms with Gasteiger partial charge in [-0.05, 0) is 67.1 Å². The molecule has 0 radical (unpaired) electrons. The number of nitrogens with zero attached hydrogens (tertiary/aromatic N) is 1. The fourth-order valence-electron chi connectivity index (χ4n) is 3.71. The van der Waals surface area contributed by atoms with Crippen LogP contribution < -0.4 is 0 Å². The average molecular weight is 478 g/mol. The minimum absolute atomic E-state index is 0.0341. The number of esters is 1. The van der Waals surface area contributed by atoms with Crippen LogP contribution in [0.25, 0.3) is 16.5 Å². The van der Waals surface area contributed by atoms with Gasteiger partial charge >= 0.3 is 5.97 Å². The summed E-state index contributed by atoms with van der Waals surface area (Å²) in [6.07, 6.45) is 0. The van der Waals surface area contributed by atoms with E-state index in [0.29, 0.717) is 5.56 Å². The molecule has 1 heterocycles. The van der Waals surface area contributed by atoms with Crippen LogP contribution in [0.4, 0.5) is 0 Å². The molecule has 4 rings (SSSR count). The fraction of sp³-hybridized carbons (Fsp3) is 0.120. The van der Waals surface area contributed by atoms with Crippen molar-refractivity contribution in [1.29, 1.82) is 0 Å². The molecule has 3 aromatic carbocycles. The molecular formula is C25H20BrNO4. The van der Waals surface area contributed by atoms with E-state index in [2.05, 4.69) is 15.9 Å². The van der Waals surface area contributed by atoms with Crippen molar-refractivity contribution in [3.05, 3.63) is 93.7 Å². The van der Waals surface area contributed by atoms with E-state index in [9.17, 15) is 14.7 Å². The molecule has 4 aromatic rings. The van der Waals surface area contributed by atoms with Gasteiger partial charge in [0.15, 0.2) is 6.61 Å². The van der Waals surface area contributed by atoms with E-state index >= 15 is 0 Å². The van der Waals surface area contributed by atoms with Crippen molar-refractivity contribution in [3.63, 3.8) is 0 Å². The summed E-state index contributed by atoms with van der Waals surface area (Å²) < 4.78 is 8.19. The van der Waals surface area contributed by atoms with Gasteiger partial charge in [-0.3, -0.25) is 4.79 Å². The number of carbonyl (C=O) groups excluding carboxylic acids is 2. The second-order valence-corrected chi connectivity index (χ2v) is 8.23. The number of aromatic hydroxyl groups is 1. The van der Waals surface area contributed by atoms with E-state index in [1.54, 1.807) is 12.1 Å². The van der Waals surface area contributed by atoms with Crippen LogP contribution in [0.2, 0.25) is 0 Å². The summed E-state index contributed by atoms with van der Waals surface area (Å²) in [7, 11) is 0. The number of halogens is 1. The fourth-order valence-corrected chi connectivity index (χ4v) is 3.98. The Labute approximate surface area is 188 Å². The SMILES string of the molecule is Cc1cc(C(=O)COC(=O)c2cc3ccccc3cc2O)c(C)n1-c1ccc(Br)cc1. The standard InChI is InChI=1S/C25H20BrNO4/c1-15-11-21(16(2)27(15)20-9-7-19(26)8-10-20)24(29)14-31-25(30)22-12-17-5-3-4-6-18(17)13-23(22)28/h3-13,28H,14H2,1-2H3. The van der Waals surface area contributed by atoms with Crippen LogP contribution in [0.5, 0.6) is 5.75 Å². The number of ketones is 1. The van der Waals surface area contributed by atoms with E-state index in [1.807, 2.05) is 66.9 Å². The van der Waals surface area contributed by atoms with Crippen molar-refractivity contribution in [1.82, 2.24) is 4.57 Å². The van der Waals surface area contributed by atoms with Gasteiger partial charge in [0, 0.05) is 27.1 Å². The Hall–Kier alpha value is -3.38. The average Bonchev–Trinajstić information content (AvgIpc) is 3.06. The lowest BCUT2D eigenvalue weighted by Crippen LogP contribution is -2.15. The molecule has 1 N–H and O–H groups in total. The van der Waals surface area contributed by atoms with Gasteiger partial charge in [0.25, 0.3) is 0 Å². The number of carbonyl (C=O) groups is 2. The molecule has 0 saturated heterocycles. The zero-order valence-electron chi connectivity index (χ0n) is 17.1. The first-order chi connectivity index (χ1) is 14.8. The highest BCUT2D eigenvalue weighted by atomic mass is 79.9. The zero-order valence-corrected chi connectivity index (χ0v) is 18.6. The lowest BCUT2D eigenvalue weighted by Gasteiger charge is -2.10. The van der Waals surface area contributed by atoms with Gasteiger partial charge in [-0.25, -0.2) is 4.79 Å². The number of phenols is 1. The normalized spacial score (nSPS) is 10.9. The van der Waals surface area contributed by atoms with Crippen LogP contribution in [-0.2, 0) is 4.74 Å². The summed E-state index contributed by atoms with van der Waals surface area (Å²) in [6, 6.07) is 20.0. The molecule has 0 saturated carbocycles. The van der Waals surface area contributed by atoms with Crippen molar-refractivity contribution in [2.45, 2.75) is 13.8 Å². The Balaban J connectivity index is 1.53. The number of hydrogen-bond donors (Lipinski definition) is 1. The molecule has 0 aliphatic rings. The van der Waals surface area contributed by atoms with E-state index in [4.69, 9.17) is 4.74 Å². The van der Waals surface area contributed by atoms with Gasteiger partial charge in [-0.1, -0.05) is 40.2 Å². The second kappa shape index (κ2) is 8.40. The first-order valence-corrected chi connectivity index (χ1v) is 10.5. The molecule has 31 heavy (non-hydrogen) atoms. The topological polar surface area (TPSA) is 68.5 Å². The third-order valence-corrected chi connectivity index (χ3v) is 5.76. The molecular weight excluding hydrogens is 458 g/mol. The van der Waals surface area contributed by atoms with Crippen LogP contribution >= 0.6 is 15.9 Å². The van der Waals surface area contributed by atoms with E-state index in [1.165, 1.54) is 6.07 Å². The zero-order chi connectivity index (χ0) is 22.1. The summed E-state index contributed by atoms with van der Waals surface area (Å²) in [5.41, 5.74) is 3.15. The molecule has 0 atom stereocenters. The van der Waals surface area contributed by atoms with Gasteiger partial charge in [0.2, 0.25) is 5.78 Å². The number of Topliss-reactive ketones (excluding diaryl/α,β-unsaturated/α-hetero) is 1. The predicted molar refractivity (Wildman–Crippen MR) is 123 cm³/mol. The van der Waals surface area contributed by atoms with Crippen LogP contribution in [0, 0.1) is 13.8 Å². The van der Waals surface area contributed by atoms with E-state index < -0.39 is 12.6 Å². The number of benzene rings is 3. The Bertz CT molecular complexity index is 1310. The number of aromatic nitrogens is 1. The number of fused-ring (bicyclic) bond motifs is 1. The largest absolute Gasteiger partial charge is 0.507 e. The number of phenolic OH excluding ortho intramolecular Hbond substituents is 1. The molecule has 0 spiro atoms. The lowest BCUT2D eigenvalue weighted by atomic mass is 10.1. The molecule has 5 nitrogen and oxygen atoms in total. The van der Waals surface area contributed by atoms with Crippen LogP contribution in [0.15, 0.2) is 71.2 Å². The van der Waals surface area contributed by atoms with Crippen molar-refractivity contribution in [3.8, 4) is 11.4 Å². The van der Waals surface area contributed by atoms with Crippen molar-refractivity contribution < 1.29 is 19.4 Å². The Morgan fingerprint density at radius 1 is 0.935 bits per heavy atom. The number of aryl methyl sites for hydroxylation is 1. The van der Waals surface area contributed by atoms with Crippen molar-refractivity contribution in [2.24, 2.45) is 0 Å². The Morgan fingerprint density at radius 2 is 1.58 bits per heavy atom. The Morgan fingerprint density at radius 3 is 2.26 bits per heavy atom. The van der Waals surface area contributed by atoms with Crippen LogP contribution in [-0.4, -0.2) is 28.0 Å². The summed E-state index contributed by atoms with van der Waals surface area (Å²) in [5.74, 6) is -1.21. The monoisotopic (exact) mass is 477 g/mol. The summed E-state index contributed by atoms with van der Waals surface area (Å²) in [5, 5.41) is 11.8. The van der Waals surface area contributed by atoms with Gasteiger partial charge in [-0.2, -0.15) is 0 Å². The van der Waals surface area contributed by atoms with Gasteiger partial charge in [0.1, 0.15) is 11.3 Å². The van der Waals surface area contributed by atoms with Crippen molar-refractivity contribution in [2.75, 3.05) is 6.61 Å². The predicted octanol–water partition coefficient (Wildman–Crippen LogP) is 5.76. The third kappa shape index (κ3) is 4.11. The molecule has 0 aliphatic carbocycles. The van der Waals surface area contributed by atoms with E-state index in [0.717, 1.165) is 32.3 Å². The summed E-state index contributed by atoms with van der Waals surface area (Å²) in [6.45, 7) is 3.37. The highest BCUT2D eigenvalue weighted by Gasteiger charge is 2.20. The molecule has 6 heteroatoms. The number of hydrogen-bond acceptors (Lipinski definition) is 4. The first kappa shape index (κ1) is 20.9. The summed E-state index contributed by atoms with van der Waals surface area (Å²) >= 11 is 3.43. The Kier molecular flexibility index (Phi) is 5.65. The van der Waals surface area contributed by atoms with Gasteiger partial charge < -0.3 is 14.4 Å². The molecule has 0 aliphatic heterocycles. The quantitative estimate of drug-likeness (QED) is 0.293. The van der Waals surface area contributed by atoms with E-state index in [-0.39, 0.29) is 17.1 Å². The highest BCUT2D eigenvalue weighted by Crippen LogP contribution is 2.26. The maximum atomic E-state index is 12.8.